The summed E-state index contributed by atoms with van der Waals surface area (Å²) in [6.45, 7) is 5.41. The third kappa shape index (κ3) is 7.09. The molecule has 2 aromatic heterocycles. The van der Waals surface area contributed by atoms with Crippen LogP contribution in [0.3, 0.4) is 0 Å². The Bertz CT molecular complexity index is 1690. The molecule has 1 unspecified atom stereocenters. The number of fused-ring (bicyclic) bond motifs is 2. The maximum Gasteiger partial charge on any atom is 0.410 e. The zero-order valence-corrected chi connectivity index (χ0v) is 24.8. The van der Waals surface area contributed by atoms with E-state index in [9.17, 15) is 18.3 Å². The van der Waals surface area contributed by atoms with E-state index in [0.717, 1.165) is 5.56 Å². The van der Waals surface area contributed by atoms with Gasteiger partial charge in [-0.25, -0.2) is 17.7 Å². The van der Waals surface area contributed by atoms with Gasteiger partial charge in [-0.2, -0.15) is 0 Å². The lowest BCUT2D eigenvalue weighted by Gasteiger charge is -2.33. The Kier molecular flexibility index (Phi) is 8.26. The second-order valence-electron chi connectivity index (χ2n) is 11.0. The molecule has 3 heterocycles. The van der Waals surface area contributed by atoms with Crippen LogP contribution in [0.5, 0.6) is 5.75 Å². The van der Waals surface area contributed by atoms with Crippen molar-refractivity contribution in [2.45, 2.75) is 56.3 Å². The highest BCUT2D eigenvalue weighted by molar-refractivity contribution is 7.92. The van der Waals surface area contributed by atoms with Crippen LogP contribution in [-0.4, -0.2) is 69.4 Å². The summed E-state index contributed by atoms with van der Waals surface area (Å²) >= 11 is 5.90. The molecule has 2 atom stereocenters. The number of aliphatic hydroxyl groups excluding tert-OH is 1. The minimum atomic E-state index is -3.83. The zero-order valence-electron chi connectivity index (χ0n) is 23.3. The first-order valence-electron chi connectivity index (χ1n) is 13.3. The van der Waals surface area contributed by atoms with Gasteiger partial charge in [0.1, 0.15) is 17.5 Å². The molecule has 222 valence electrons. The number of aryl methyl sites for hydroxylation is 1. The molecule has 12 nitrogen and oxygen atoms in total. The number of carbonyl (C=O) groups excluding carboxylic acids is 1. The van der Waals surface area contributed by atoms with Crippen LogP contribution in [0.4, 0.5) is 10.5 Å². The highest BCUT2D eigenvalue weighted by Crippen LogP contribution is 2.31. The van der Waals surface area contributed by atoms with Gasteiger partial charge in [0.2, 0.25) is 0 Å². The van der Waals surface area contributed by atoms with E-state index in [2.05, 4.69) is 20.2 Å². The number of benzene rings is 2. The fourth-order valence-electron chi connectivity index (χ4n) is 4.51. The van der Waals surface area contributed by atoms with Crippen LogP contribution in [0.15, 0.2) is 65.7 Å². The Hall–Kier alpha value is -3.94. The zero-order chi connectivity index (χ0) is 30.1. The normalized spacial score (nSPS) is 15.9. The molecular formula is C28H31ClN6O6S. The van der Waals surface area contributed by atoms with Gasteiger partial charge < -0.3 is 19.5 Å². The standard InChI is InChI=1S/C28H31ClN6O6S/c1-28(2,3)41-27(37)34(17-24(36)19-5-13-26-30-32-33-35(26)15-19)16-22-10-4-18-14-23(11-12-25(18)40-22)42(38,39)31-21-8-6-20(29)7-9-21/h5-9,11-15,22,24,31,36H,4,10,16-17H2,1-3H3/t22?,24-/m0/s1. The molecular weight excluding hydrogens is 584 g/mol. The quantitative estimate of drug-likeness (QED) is 0.297. The first-order valence-corrected chi connectivity index (χ1v) is 15.1. The van der Waals surface area contributed by atoms with Crippen molar-refractivity contribution in [3.05, 3.63) is 76.9 Å². The summed E-state index contributed by atoms with van der Waals surface area (Å²) in [5.41, 5.74) is 1.45. The number of halogens is 1. The van der Waals surface area contributed by atoms with Gasteiger partial charge >= 0.3 is 6.09 Å². The SMILES string of the molecule is CC(C)(C)OC(=O)N(CC1CCc2cc(S(=O)(=O)Nc3ccc(Cl)cc3)ccc2O1)C[C@H](O)c1ccc2nnnn2c1. The van der Waals surface area contributed by atoms with Crippen LogP contribution in [0.2, 0.25) is 5.02 Å². The van der Waals surface area contributed by atoms with Crippen LogP contribution in [0, 0.1) is 0 Å². The van der Waals surface area contributed by atoms with E-state index in [0.29, 0.717) is 40.5 Å². The van der Waals surface area contributed by atoms with E-state index in [1.165, 1.54) is 15.5 Å². The predicted molar refractivity (Wildman–Crippen MR) is 155 cm³/mol. The summed E-state index contributed by atoms with van der Waals surface area (Å²) in [5.74, 6) is 0.533. The van der Waals surface area contributed by atoms with Crippen LogP contribution >= 0.6 is 11.6 Å². The van der Waals surface area contributed by atoms with E-state index < -0.39 is 33.9 Å². The molecule has 2 aromatic carbocycles. The number of anilines is 1. The van der Waals surface area contributed by atoms with Crippen molar-refractivity contribution in [2.24, 2.45) is 0 Å². The van der Waals surface area contributed by atoms with Gasteiger partial charge in [0, 0.05) is 22.5 Å². The monoisotopic (exact) mass is 614 g/mol. The van der Waals surface area contributed by atoms with Crippen molar-refractivity contribution in [3.63, 3.8) is 0 Å². The van der Waals surface area contributed by atoms with Gasteiger partial charge in [0.05, 0.1) is 24.1 Å². The summed E-state index contributed by atoms with van der Waals surface area (Å²) < 4.78 is 41.7. The molecule has 0 radical (unpaired) electrons. The second kappa shape index (κ2) is 11.7. The third-order valence-corrected chi connectivity index (χ3v) is 8.17. The number of ether oxygens (including phenoxy) is 2. The van der Waals surface area contributed by atoms with Gasteiger partial charge in [-0.15, -0.1) is 5.10 Å². The smallest absolute Gasteiger partial charge is 0.410 e. The Morgan fingerprint density at radius 3 is 2.71 bits per heavy atom. The summed E-state index contributed by atoms with van der Waals surface area (Å²) in [6, 6.07) is 14.4. The van der Waals surface area contributed by atoms with Crippen molar-refractivity contribution in [3.8, 4) is 5.75 Å². The highest BCUT2D eigenvalue weighted by atomic mass is 35.5. The average Bonchev–Trinajstić information content (AvgIpc) is 3.40. The summed E-state index contributed by atoms with van der Waals surface area (Å²) in [6.07, 6.45) is 0.623. The molecule has 5 rings (SSSR count). The van der Waals surface area contributed by atoms with Crippen molar-refractivity contribution in [1.82, 2.24) is 24.9 Å². The lowest BCUT2D eigenvalue weighted by Crippen LogP contribution is -2.45. The molecule has 42 heavy (non-hydrogen) atoms. The van der Waals surface area contributed by atoms with Crippen LogP contribution < -0.4 is 9.46 Å². The maximum absolute atomic E-state index is 13.2. The Morgan fingerprint density at radius 1 is 1.21 bits per heavy atom. The molecule has 4 aromatic rings. The van der Waals surface area contributed by atoms with Crippen molar-refractivity contribution < 1.29 is 27.8 Å². The minimum absolute atomic E-state index is 0.0528. The average molecular weight is 615 g/mol. The number of tetrazole rings is 1. The van der Waals surface area contributed by atoms with Gasteiger partial charge in [0.25, 0.3) is 10.0 Å². The maximum atomic E-state index is 13.2. The molecule has 1 aliphatic rings. The highest BCUT2D eigenvalue weighted by Gasteiger charge is 2.30. The molecule has 1 amide bonds. The molecule has 0 bridgehead atoms. The summed E-state index contributed by atoms with van der Waals surface area (Å²) in [4.78, 5) is 14.7. The topological polar surface area (TPSA) is 148 Å². The van der Waals surface area contributed by atoms with Crippen LogP contribution in [0.1, 0.15) is 44.4 Å². The molecule has 0 saturated heterocycles. The number of hydrogen-bond acceptors (Lipinski definition) is 9. The molecule has 0 aliphatic carbocycles. The van der Waals surface area contributed by atoms with Crippen molar-refractivity contribution in [2.75, 3.05) is 17.8 Å². The predicted octanol–water partition coefficient (Wildman–Crippen LogP) is 4.24. The van der Waals surface area contributed by atoms with Crippen LogP contribution in [-0.2, 0) is 21.2 Å². The van der Waals surface area contributed by atoms with Gasteiger partial charge in [-0.1, -0.05) is 17.7 Å². The van der Waals surface area contributed by atoms with Crippen molar-refractivity contribution in [1.29, 1.82) is 0 Å². The number of hydrogen-bond donors (Lipinski definition) is 2. The number of aromatic nitrogens is 4. The molecule has 2 N–H and O–H groups in total. The largest absolute Gasteiger partial charge is 0.488 e. The fraction of sp³-hybridized carbons (Fsp3) is 0.357. The second-order valence-corrected chi connectivity index (χ2v) is 13.1. The number of sulfonamides is 1. The minimum Gasteiger partial charge on any atom is -0.488 e. The summed E-state index contributed by atoms with van der Waals surface area (Å²) in [5, 5.41) is 22.8. The number of rotatable bonds is 8. The van der Waals surface area contributed by atoms with E-state index in [1.807, 2.05) is 0 Å². The summed E-state index contributed by atoms with van der Waals surface area (Å²) in [7, 11) is -3.83. The van der Waals surface area contributed by atoms with E-state index in [1.54, 1.807) is 75.5 Å². The van der Waals surface area contributed by atoms with Gasteiger partial charge in [-0.05, 0) is 98.1 Å². The molecule has 0 spiro atoms. The number of pyridine rings is 1. The Labute approximate surface area is 248 Å². The molecule has 1 aliphatic heterocycles. The number of aliphatic hydroxyl groups is 1. The van der Waals surface area contributed by atoms with E-state index >= 15 is 0 Å². The van der Waals surface area contributed by atoms with Gasteiger partial charge in [0.15, 0.2) is 5.65 Å². The molecule has 14 heteroatoms. The lowest BCUT2D eigenvalue weighted by molar-refractivity contribution is 0.00362. The number of amides is 1. The van der Waals surface area contributed by atoms with E-state index in [-0.39, 0.29) is 18.0 Å². The van der Waals surface area contributed by atoms with Crippen molar-refractivity contribution >= 4 is 39.1 Å². The Morgan fingerprint density at radius 2 is 1.98 bits per heavy atom. The number of nitrogens with one attached hydrogen (secondary N) is 1. The lowest BCUT2D eigenvalue weighted by atomic mass is 10.0. The fourth-order valence-corrected chi connectivity index (χ4v) is 5.75. The van der Waals surface area contributed by atoms with Crippen LogP contribution in [0.25, 0.3) is 5.65 Å². The Balaban J connectivity index is 1.29. The molecule has 0 saturated carbocycles. The number of carbonyl (C=O) groups is 1. The van der Waals surface area contributed by atoms with Gasteiger partial charge in [-0.3, -0.25) is 4.72 Å². The third-order valence-electron chi connectivity index (χ3n) is 6.54. The number of nitrogens with zero attached hydrogens (tertiary/aromatic N) is 5. The first kappa shape index (κ1) is 29.5. The first-order chi connectivity index (χ1) is 19.9. The van der Waals surface area contributed by atoms with E-state index in [4.69, 9.17) is 21.1 Å². The molecule has 0 fully saturated rings.